The van der Waals surface area contributed by atoms with Crippen LogP contribution in [0.5, 0.6) is 0 Å². The Balaban J connectivity index is 2.00. The van der Waals surface area contributed by atoms with Crippen LogP contribution in [0.25, 0.3) is 0 Å². The van der Waals surface area contributed by atoms with Crippen LogP contribution in [0.2, 0.25) is 5.02 Å². The highest BCUT2D eigenvalue weighted by molar-refractivity contribution is 7.10. The number of benzene rings is 1. The van der Waals surface area contributed by atoms with Gasteiger partial charge in [-0.1, -0.05) is 29.8 Å². The first-order valence-corrected chi connectivity index (χ1v) is 9.63. The van der Waals surface area contributed by atoms with Crippen molar-refractivity contribution in [3.8, 4) is 6.07 Å². The second kappa shape index (κ2) is 6.64. The Morgan fingerprint density at radius 2 is 2.04 bits per heavy atom. The van der Waals surface area contributed by atoms with Crippen LogP contribution in [0.4, 0.5) is 5.69 Å². The molecule has 1 atom stereocenters. The van der Waals surface area contributed by atoms with Crippen LogP contribution in [-0.2, 0) is 4.79 Å². The summed E-state index contributed by atoms with van der Waals surface area (Å²) in [6.45, 7) is 0. The van der Waals surface area contributed by atoms with Crippen molar-refractivity contribution in [2.24, 2.45) is 5.73 Å². The molecule has 0 saturated heterocycles. The number of Topliss-reactive ketones (excluding diaryl/α,β-unsaturated/α-hetero) is 1. The number of rotatable bonds is 2. The quantitative estimate of drug-likeness (QED) is 0.818. The zero-order valence-electron chi connectivity index (χ0n) is 13.9. The van der Waals surface area contributed by atoms with Gasteiger partial charge >= 0.3 is 0 Å². The number of carbonyl (C=O) groups excluding carboxylic acids is 1. The van der Waals surface area contributed by atoms with Crippen LogP contribution in [0.1, 0.15) is 30.1 Å². The van der Waals surface area contributed by atoms with Gasteiger partial charge < -0.3 is 5.73 Å². The fraction of sp³-hybridized carbons (Fsp3) is 0.200. The average molecular weight is 382 g/mol. The molecule has 4 rings (SSSR count). The molecule has 4 nitrogen and oxygen atoms in total. The van der Waals surface area contributed by atoms with Crippen LogP contribution in [0.3, 0.4) is 0 Å². The van der Waals surface area contributed by atoms with E-state index < -0.39 is 0 Å². The maximum Gasteiger partial charge on any atom is 0.161 e. The highest BCUT2D eigenvalue weighted by Gasteiger charge is 2.40. The van der Waals surface area contributed by atoms with Crippen LogP contribution >= 0.6 is 22.9 Å². The van der Waals surface area contributed by atoms with E-state index in [0.29, 0.717) is 34.1 Å². The molecule has 0 bridgehead atoms. The third-order valence-corrected chi connectivity index (χ3v) is 6.09. The van der Waals surface area contributed by atoms with Crippen LogP contribution in [0, 0.1) is 11.3 Å². The largest absolute Gasteiger partial charge is 0.384 e. The van der Waals surface area contributed by atoms with Gasteiger partial charge in [0.25, 0.3) is 0 Å². The maximum absolute atomic E-state index is 12.9. The van der Waals surface area contributed by atoms with Gasteiger partial charge in [0, 0.05) is 22.6 Å². The van der Waals surface area contributed by atoms with Crippen molar-refractivity contribution in [2.45, 2.75) is 25.2 Å². The Morgan fingerprint density at radius 1 is 1.23 bits per heavy atom. The average Bonchev–Trinajstić information content (AvgIpc) is 3.16. The number of allylic oxidation sites excluding steroid dienone is 3. The molecule has 2 heterocycles. The molecule has 130 valence electrons. The predicted molar refractivity (Wildman–Crippen MR) is 104 cm³/mol. The number of thiophene rings is 1. The van der Waals surface area contributed by atoms with Gasteiger partial charge in [-0.2, -0.15) is 5.26 Å². The Kier molecular flexibility index (Phi) is 4.31. The second-order valence-corrected chi connectivity index (χ2v) is 7.67. The zero-order valence-corrected chi connectivity index (χ0v) is 15.5. The highest BCUT2D eigenvalue weighted by Crippen LogP contribution is 2.48. The zero-order chi connectivity index (χ0) is 18.3. The maximum atomic E-state index is 12.9. The number of ketones is 1. The number of anilines is 1. The summed E-state index contributed by atoms with van der Waals surface area (Å²) >= 11 is 7.95. The number of hydrogen-bond donors (Lipinski definition) is 1. The third kappa shape index (κ3) is 2.54. The lowest BCUT2D eigenvalue weighted by Gasteiger charge is -2.39. The minimum absolute atomic E-state index is 0.0851. The van der Waals surface area contributed by atoms with Gasteiger partial charge in [-0.3, -0.25) is 9.69 Å². The van der Waals surface area contributed by atoms with E-state index in [4.69, 9.17) is 17.3 Å². The molecule has 2 aromatic rings. The van der Waals surface area contributed by atoms with Crippen LogP contribution in [0.15, 0.2) is 64.4 Å². The van der Waals surface area contributed by atoms with Crippen LogP contribution < -0.4 is 10.6 Å². The molecule has 6 heteroatoms. The number of hydrogen-bond acceptors (Lipinski definition) is 5. The Morgan fingerprint density at radius 3 is 2.73 bits per heavy atom. The molecule has 2 N–H and O–H groups in total. The Bertz CT molecular complexity index is 985. The lowest BCUT2D eigenvalue weighted by molar-refractivity contribution is -0.116. The molecule has 0 unspecified atom stereocenters. The van der Waals surface area contributed by atoms with Gasteiger partial charge in [0.1, 0.15) is 5.82 Å². The molecule has 26 heavy (non-hydrogen) atoms. The topological polar surface area (TPSA) is 70.1 Å². The van der Waals surface area contributed by atoms with E-state index in [9.17, 15) is 10.1 Å². The lowest BCUT2D eigenvalue weighted by Crippen LogP contribution is -2.38. The lowest BCUT2D eigenvalue weighted by atomic mass is 9.78. The normalized spacial score (nSPS) is 20.2. The molecule has 1 aromatic heterocycles. The molecule has 1 aliphatic heterocycles. The van der Waals surface area contributed by atoms with Crippen molar-refractivity contribution in [1.82, 2.24) is 0 Å². The van der Waals surface area contributed by atoms with Gasteiger partial charge in [-0.25, -0.2) is 0 Å². The van der Waals surface area contributed by atoms with Crippen molar-refractivity contribution >= 4 is 34.4 Å². The van der Waals surface area contributed by atoms with Crippen molar-refractivity contribution in [3.05, 3.63) is 74.3 Å². The van der Waals surface area contributed by atoms with Gasteiger partial charge in [-0.15, -0.1) is 11.3 Å². The minimum atomic E-state index is -0.387. The minimum Gasteiger partial charge on any atom is -0.384 e. The summed E-state index contributed by atoms with van der Waals surface area (Å²) in [6.07, 6.45) is 1.99. The first-order valence-electron chi connectivity index (χ1n) is 8.37. The van der Waals surface area contributed by atoms with Gasteiger partial charge in [0.15, 0.2) is 5.78 Å². The Hall–Kier alpha value is -2.55. The SMILES string of the molecule is N#CC1=C(N)N(c2ccccc2Cl)C2=C(C(=O)CCC2)[C@@H]1c1cccs1. The third-order valence-electron chi connectivity index (χ3n) is 4.83. The monoisotopic (exact) mass is 381 g/mol. The van der Waals surface area contributed by atoms with E-state index in [1.54, 1.807) is 11.0 Å². The van der Waals surface area contributed by atoms with E-state index in [1.165, 1.54) is 11.3 Å². The van der Waals surface area contributed by atoms with Crippen molar-refractivity contribution in [2.75, 3.05) is 4.90 Å². The van der Waals surface area contributed by atoms with Crippen molar-refractivity contribution in [1.29, 1.82) is 5.26 Å². The summed E-state index contributed by atoms with van der Waals surface area (Å²) in [5, 5.41) is 12.4. The fourth-order valence-corrected chi connectivity index (χ4v) is 4.80. The van der Waals surface area contributed by atoms with Gasteiger partial charge in [0.2, 0.25) is 0 Å². The van der Waals surface area contributed by atoms with E-state index in [-0.39, 0.29) is 11.7 Å². The smallest absolute Gasteiger partial charge is 0.161 e. The number of para-hydroxylation sites is 1. The summed E-state index contributed by atoms with van der Waals surface area (Å²) in [4.78, 5) is 15.6. The molecule has 1 aromatic carbocycles. The van der Waals surface area contributed by atoms with Crippen molar-refractivity contribution in [3.63, 3.8) is 0 Å². The predicted octanol–water partition coefficient (Wildman–Crippen LogP) is 4.71. The molecule has 2 aliphatic rings. The van der Waals surface area contributed by atoms with Gasteiger partial charge in [-0.05, 0) is 36.4 Å². The molecule has 0 amide bonds. The summed E-state index contributed by atoms with van der Waals surface area (Å²) in [7, 11) is 0. The summed E-state index contributed by atoms with van der Waals surface area (Å²) in [6, 6.07) is 13.5. The number of nitriles is 1. The first-order chi connectivity index (χ1) is 12.6. The summed E-state index contributed by atoms with van der Waals surface area (Å²) < 4.78 is 0. The van der Waals surface area contributed by atoms with Crippen LogP contribution in [-0.4, -0.2) is 5.78 Å². The molecule has 0 radical (unpaired) electrons. The van der Waals surface area contributed by atoms with E-state index in [0.717, 1.165) is 23.4 Å². The van der Waals surface area contributed by atoms with E-state index in [2.05, 4.69) is 6.07 Å². The number of halogens is 1. The first kappa shape index (κ1) is 16.9. The Labute approximate surface area is 160 Å². The molecule has 0 fully saturated rings. The van der Waals surface area contributed by atoms with E-state index >= 15 is 0 Å². The standard InChI is InChI=1S/C20H16ClN3OS/c21-13-5-1-2-6-14(13)24-15-7-3-8-16(25)19(15)18(12(11-22)20(24)23)17-9-4-10-26-17/h1-2,4-6,9-10,18H,3,7-8,23H2/t18-/m0/s1. The summed E-state index contributed by atoms with van der Waals surface area (Å²) in [5.41, 5.74) is 9.12. The number of carbonyl (C=O) groups is 1. The number of nitrogens with two attached hydrogens (primary N) is 1. The van der Waals surface area contributed by atoms with E-state index in [1.807, 2.05) is 35.7 Å². The molecule has 0 saturated carbocycles. The molecule has 1 aliphatic carbocycles. The summed E-state index contributed by atoms with van der Waals surface area (Å²) in [5.74, 6) is 0.0518. The highest BCUT2D eigenvalue weighted by atomic mass is 35.5. The molecule has 0 spiro atoms. The fourth-order valence-electron chi connectivity index (χ4n) is 3.73. The number of nitrogens with zero attached hydrogens (tertiary/aromatic N) is 2. The van der Waals surface area contributed by atoms with Gasteiger partial charge in [0.05, 0.1) is 28.3 Å². The second-order valence-electron chi connectivity index (χ2n) is 6.28. The molecular weight excluding hydrogens is 366 g/mol. The molecular formula is C20H16ClN3OS. The van der Waals surface area contributed by atoms with Crippen molar-refractivity contribution < 1.29 is 4.79 Å².